The van der Waals surface area contributed by atoms with E-state index in [4.69, 9.17) is 5.73 Å². The molecular weight excluding hydrogens is 195 g/mol. The summed E-state index contributed by atoms with van der Waals surface area (Å²) in [6.45, 7) is 5.32. The van der Waals surface area contributed by atoms with E-state index >= 15 is 0 Å². The predicted octanol–water partition coefficient (Wildman–Crippen LogP) is 1.71. The molecule has 0 aliphatic carbocycles. The molecular formula is C11H13FN2O. The lowest BCUT2D eigenvalue weighted by Gasteiger charge is -2.10. The summed E-state index contributed by atoms with van der Waals surface area (Å²) in [7, 11) is 0. The van der Waals surface area contributed by atoms with Crippen LogP contribution >= 0.6 is 0 Å². The largest absolute Gasteiger partial charge is 0.398 e. The van der Waals surface area contributed by atoms with Crippen molar-refractivity contribution < 1.29 is 9.18 Å². The Bertz CT molecular complexity index is 390. The smallest absolute Gasteiger partial charge is 0.253 e. The molecule has 0 bridgehead atoms. The summed E-state index contributed by atoms with van der Waals surface area (Å²) in [4.78, 5) is 11.6. The second-order valence-electron chi connectivity index (χ2n) is 3.23. The van der Waals surface area contributed by atoms with E-state index in [1.54, 1.807) is 13.0 Å². The van der Waals surface area contributed by atoms with E-state index in [0.717, 1.165) is 6.07 Å². The number of carbonyl (C=O) groups is 1. The molecule has 0 radical (unpaired) electrons. The zero-order valence-electron chi connectivity index (χ0n) is 8.46. The Morgan fingerprint density at radius 1 is 1.67 bits per heavy atom. The first-order valence-corrected chi connectivity index (χ1v) is 4.53. The lowest BCUT2D eigenvalue weighted by atomic mass is 10.1. The molecule has 1 atom stereocenters. The summed E-state index contributed by atoms with van der Waals surface area (Å²) in [5.74, 6) is -0.791. The van der Waals surface area contributed by atoms with Crippen molar-refractivity contribution in [1.29, 1.82) is 0 Å². The first-order valence-electron chi connectivity index (χ1n) is 4.53. The number of carbonyl (C=O) groups excluding carboxylic acids is 1. The van der Waals surface area contributed by atoms with Gasteiger partial charge < -0.3 is 11.1 Å². The van der Waals surface area contributed by atoms with Gasteiger partial charge in [-0.2, -0.15) is 0 Å². The Morgan fingerprint density at radius 3 is 2.87 bits per heavy atom. The average molecular weight is 208 g/mol. The molecule has 0 aliphatic rings. The zero-order chi connectivity index (χ0) is 11.4. The highest BCUT2D eigenvalue weighted by molar-refractivity contribution is 5.99. The Labute approximate surface area is 87.8 Å². The quantitative estimate of drug-likeness (QED) is 0.587. The average Bonchev–Trinajstić information content (AvgIpc) is 2.17. The molecule has 3 nitrogen and oxygen atoms in total. The molecule has 1 amide bonds. The van der Waals surface area contributed by atoms with Gasteiger partial charge in [0.2, 0.25) is 0 Å². The number of anilines is 1. The van der Waals surface area contributed by atoms with Crippen molar-refractivity contribution in [2.75, 3.05) is 5.73 Å². The molecule has 0 spiro atoms. The number of hydrogen-bond donors (Lipinski definition) is 2. The van der Waals surface area contributed by atoms with Crippen LogP contribution in [0.4, 0.5) is 10.1 Å². The summed E-state index contributed by atoms with van der Waals surface area (Å²) in [6.07, 6.45) is 1.59. The Morgan fingerprint density at radius 2 is 2.33 bits per heavy atom. The van der Waals surface area contributed by atoms with Gasteiger partial charge in [0.25, 0.3) is 5.91 Å². The summed E-state index contributed by atoms with van der Waals surface area (Å²) < 4.78 is 12.7. The molecule has 0 aliphatic heterocycles. The third kappa shape index (κ3) is 2.80. The maximum Gasteiger partial charge on any atom is 0.253 e. The van der Waals surface area contributed by atoms with Crippen LogP contribution in [0.1, 0.15) is 17.3 Å². The van der Waals surface area contributed by atoms with Crippen LogP contribution in [0.25, 0.3) is 0 Å². The normalized spacial score (nSPS) is 11.9. The molecule has 0 aromatic heterocycles. The summed E-state index contributed by atoms with van der Waals surface area (Å²) in [6, 6.07) is 3.52. The minimum atomic E-state index is -0.458. The van der Waals surface area contributed by atoms with E-state index in [-0.39, 0.29) is 23.2 Å². The van der Waals surface area contributed by atoms with Crippen molar-refractivity contribution >= 4 is 11.6 Å². The molecule has 0 saturated heterocycles. The van der Waals surface area contributed by atoms with Gasteiger partial charge in [0.15, 0.2) is 0 Å². The molecule has 4 heteroatoms. The summed E-state index contributed by atoms with van der Waals surface area (Å²) >= 11 is 0. The van der Waals surface area contributed by atoms with Crippen LogP contribution in [-0.2, 0) is 0 Å². The highest BCUT2D eigenvalue weighted by atomic mass is 19.1. The Balaban J connectivity index is 2.87. The second-order valence-corrected chi connectivity index (χ2v) is 3.23. The molecule has 1 aromatic carbocycles. The van der Waals surface area contributed by atoms with Crippen molar-refractivity contribution in [2.24, 2.45) is 0 Å². The van der Waals surface area contributed by atoms with Crippen LogP contribution < -0.4 is 11.1 Å². The number of rotatable bonds is 3. The molecule has 1 rings (SSSR count). The number of hydrogen-bond acceptors (Lipinski definition) is 2. The first kappa shape index (κ1) is 11.2. The van der Waals surface area contributed by atoms with Gasteiger partial charge in [0.05, 0.1) is 5.56 Å². The number of halogens is 1. The van der Waals surface area contributed by atoms with Gasteiger partial charge in [-0.3, -0.25) is 4.79 Å². The van der Waals surface area contributed by atoms with E-state index in [1.807, 2.05) is 0 Å². The van der Waals surface area contributed by atoms with Crippen molar-refractivity contribution in [1.82, 2.24) is 5.32 Å². The van der Waals surface area contributed by atoms with Crippen LogP contribution in [0.15, 0.2) is 30.9 Å². The molecule has 80 valence electrons. The maximum atomic E-state index is 12.7. The maximum absolute atomic E-state index is 12.7. The van der Waals surface area contributed by atoms with Gasteiger partial charge >= 0.3 is 0 Å². The molecule has 3 N–H and O–H groups in total. The van der Waals surface area contributed by atoms with E-state index in [2.05, 4.69) is 11.9 Å². The number of nitrogens with one attached hydrogen (secondary N) is 1. The fourth-order valence-corrected chi connectivity index (χ4v) is 1.08. The van der Waals surface area contributed by atoms with Crippen molar-refractivity contribution in [3.8, 4) is 0 Å². The van der Waals surface area contributed by atoms with Crippen molar-refractivity contribution in [2.45, 2.75) is 13.0 Å². The molecule has 0 saturated carbocycles. The third-order valence-corrected chi connectivity index (χ3v) is 1.97. The lowest BCUT2D eigenvalue weighted by molar-refractivity contribution is 0.0948. The Kier molecular flexibility index (Phi) is 3.44. The summed E-state index contributed by atoms with van der Waals surface area (Å²) in [5, 5.41) is 2.65. The first-order chi connectivity index (χ1) is 7.04. The van der Waals surface area contributed by atoms with Crippen LogP contribution in [0.2, 0.25) is 0 Å². The monoisotopic (exact) mass is 208 g/mol. The van der Waals surface area contributed by atoms with Gasteiger partial charge in [-0.15, -0.1) is 6.58 Å². The second kappa shape index (κ2) is 4.59. The van der Waals surface area contributed by atoms with Crippen LogP contribution in [0, 0.1) is 5.82 Å². The van der Waals surface area contributed by atoms with Gasteiger partial charge in [0.1, 0.15) is 5.82 Å². The highest BCUT2D eigenvalue weighted by Gasteiger charge is 2.11. The van der Waals surface area contributed by atoms with E-state index < -0.39 is 5.82 Å². The number of nitrogens with two attached hydrogens (primary N) is 1. The van der Waals surface area contributed by atoms with Crippen molar-refractivity contribution in [3.63, 3.8) is 0 Å². The minimum absolute atomic E-state index is 0.128. The molecule has 1 unspecified atom stereocenters. The van der Waals surface area contributed by atoms with Crippen molar-refractivity contribution in [3.05, 3.63) is 42.2 Å². The summed E-state index contributed by atoms with van der Waals surface area (Å²) in [5.41, 5.74) is 5.91. The standard InChI is InChI=1S/C11H13FN2O/c1-3-7(2)14-11(15)9-5-4-8(12)6-10(9)13/h3-7H,1,13H2,2H3,(H,14,15). The fourth-order valence-electron chi connectivity index (χ4n) is 1.08. The molecule has 0 heterocycles. The van der Waals surface area contributed by atoms with Crippen LogP contribution in [0.3, 0.4) is 0 Å². The highest BCUT2D eigenvalue weighted by Crippen LogP contribution is 2.13. The molecule has 0 fully saturated rings. The molecule has 1 aromatic rings. The van der Waals surface area contributed by atoms with Gasteiger partial charge in [-0.1, -0.05) is 6.08 Å². The Hall–Kier alpha value is -1.84. The number of amides is 1. The zero-order valence-corrected chi connectivity index (χ0v) is 8.46. The fraction of sp³-hybridized carbons (Fsp3) is 0.182. The number of benzene rings is 1. The minimum Gasteiger partial charge on any atom is -0.398 e. The molecule has 15 heavy (non-hydrogen) atoms. The topological polar surface area (TPSA) is 55.1 Å². The van der Waals surface area contributed by atoms with Crippen LogP contribution in [0.5, 0.6) is 0 Å². The van der Waals surface area contributed by atoms with Gasteiger partial charge in [-0.25, -0.2) is 4.39 Å². The van der Waals surface area contributed by atoms with E-state index in [0.29, 0.717) is 0 Å². The number of nitrogen functional groups attached to an aromatic ring is 1. The van der Waals surface area contributed by atoms with Crippen LogP contribution in [-0.4, -0.2) is 11.9 Å². The third-order valence-electron chi connectivity index (χ3n) is 1.97. The van der Waals surface area contributed by atoms with Gasteiger partial charge in [0, 0.05) is 11.7 Å². The van der Waals surface area contributed by atoms with E-state index in [9.17, 15) is 9.18 Å². The lowest BCUT2D eigenvalue weighted by Crippen LogP contribution is -2.31. The SMILES string of the molecule is C=CC(C)NC(=O)c1ccc(F)cc1N. The van der Waals surface area contributed by atoms with E-state index in [1.165, 1.54) is 12.1 Å². The van der Waals surface area contributed by atoms with Gasteiger partial charge in [-0.05, 0) is 25.1 Å². The predicted molar refractivity (Wildman–Crippen MR) is 57.9 cm³/mol.